The van der Waals surface area contributed by atoms with Crippen LogP contribution in [0, 0.1) is 11.6 Å². The van der Waals surface area contributed by atoms with Crippen LogP contribution in [-0.2, 0) is 4.79 Å². The number of halogens is 2. The maximum atomic E-state index is 13.0. The highest BCUT2D eigenvalue weighted by molar-refractivity contribution is 5.67. The first-order valence-electron chi connectivity index (χ1n) is 4.32. The van der Waals surface area contributed by atoms with E-state index in [1.165, 1.54) is 6.92 Å². The maximum absolute atomic E-state index is 13.0. The molecule has 1 rings (SSSR count). The highest BCUT2D eigenvalue weighted by Crippen LogP contribution is 2.19. The number of carbonyl (C=O) groups is 1. The lowest BCUT2D eigenvalue weighted by Gasteiger charge is -2.12. The Kier molecular flexibility index (Phi) is 3.60. The van der Waals surface area contributed by atoms with E-state index in [1.54, 1.807) is 0 Å². The number of ether oxygens (including phenoxy) is 1. The minimum absolute atomic E-state index is 0.148. The molecule has 1 aromatic carbocycles. The first-order valence-corrected chi connectivity index (χ1v) is 4.32. The molecule has 0 aliphatic rings. The van der Waals surface area contributed by atoms with Gasteiger partial charge in [0.05, 0.1) is 6.42 Å². The van der Waals surface area contributed by atoms with Gasteiger partial charge in [0.15, 0.2) is 11.6 Å². The van der Waals surface area contributed by atoms with Gasteiger partial charge in [-0.05, 0) is 19.1 Å². The molecule has 0 saturated heterocycles. The van der Waals surface area contributed by atoms with Crippen molar-refractivity contribution in [2.24, 2.45) is 0 Å². The van der Waals surface area contributed by atoms with Crippen LogP contribution in [0.4, 0.5) is 8.78 Å². The Labute approximate surface area is 85.3 Å². The molecule has 5 heteroatoms. The summed E-state index contributed by atoms with van der Waals surface area (Å²) >= 11 is 0. The summed E-state index contributed by atoms with van der Waals surface area (Å²) in [5.74, 6) is -2.73. The van der Waals surface area contributed by atoms with E-state index in [0.29, 0.717) is 6.07 Å². The number of hydrogen-bond acceptors (Lipinski definition) is 2. The van der Waals surface area contributed by atoms with Crippen LogP contribution in [0.25, 0.3) is 0 Å². The molecule has 0 saturated carbocycles. The molecule has 0 aliphatic carbocycles. The van der Waals surface area contributed by atoms with Crippen LogP contribution in [0.5, 0.6) is 5.75 Å². The Morgan fingerprint density at radius 1 is 1.53 bits per heavy atom. The van der Waals surface area contributed by atoms with Gasteiger partial charge in [-0.1, -0.05) is 0 Å². The van der Waals surface area contributed by atoms with Gasteiger partial charge in [0.1, 0.15) is 11.9 Å². The van der Waals surface area contributed by atoms with Gasteiger partial charge < -0.3 is 9.84 Å². The number of benzene rings is 1. The number of carboxylic acids is 1. The Morgan fingerprint density at radius 2 is 2.20 bits per heavy atom. The quantitative estimate of drug-likeness (QED) is 0.839. The average Bonchev–Trinajstić information content (AvgIpc) is 2.08. The number of carboxylic acid groups (broad SMARTS) is 1. The van der Waals surface area contributed by atoms with Gasteiger partial charge in [-0.3, -0.25) is 4.79 Å². The van der Waals surface area contributed by atoms with Crippen LogP contribution in [0.1, 0.15) is 13.3 Å². The molecule has 0 bridgehead atoms. The van der Waals surface area contributed by atoms with Gasteiger partial charge in [-0.2, -0.15) is 0 Å². The van der Waals surface area contributed by atoms with E-state index >= 15 is 0 Å². The van der Waals surface area contributed by atoms with Crippen LogP contribution in [0.2, 0.25) is 0 Å². The fraction of sp³-hybridized carbons (Fsp3) is 0.300. The normalized spacial score (nSPS) is 12.2. The van der Waals surface area contributed by atoms with Gasteiger partial charge in [-0.15, -0.1) is 0 Å². The van der Waals surface area contributed by atoms with Crippen LogP contribution in [0.15, 0.2) is 18.2 Å². The lowest BCUT2D eigenvalue weighted by atomic mass is 10.2. The second-order valence-corrected chi connectivity index (χ2v) is 3.10. The zero-order chi connectivity index (χ0) is 11.4. The van der Waals surface area contributed by atoms with Crippen molar-refractivity contribution in [2.75, 3.05) is 0 Å². The number of hydrogen-bond donors (Lipinski definition) is 1. The fourth-order valence-electron chi connectivity index (χ4n) is 1.08. The molecule has 82 valence electrons. The lowest BCUT2D eigenvalue weighted by molar-refractivity contribution is -0.138. The number of rotatable bonds is 4. The molecule has 0 radical (unpaired) electrons. The van der Waals surface area contributed by atoms with Crippen LogP contribution in [-0.4, -0.2) is 17.2 Å². The molecular weight excluding hydrogens is 206 g/mol. The summed E-state index contributed by atoms with van der Waals surface area (Å²) < 4.78 is 30.5. The molecule has 0 aliphatic heterocycles. The summed E-state index contributed by atoms with van der Waals surface area (Å²) in [6, 6.07) is 2.86. The third kappa shape index (κ3) is 3.53. The van der Waals surface area contributed by atoms with E-state index in [4.69, 9.17) is 9.84 Å². The molecular formula is C10H10F2O3. The van der Waals surface area contributed by atoms with Crippen LogP contribution in [0.3, 0.4) is 0 Å². The first kappa shape index (κ1) is 11.4. The predicted octanol–water partition coefficient (Wildman–Crippen LogP) is 2.21. The standard InChI is InChI=1S/C10H10F2O3/c1-6(4-10(13)14)15-9-3-2-7(11)5-8(9)12/h2-3,5-6H,4H2,1H3,(H,13,14)/t6-/m0/s1. The molecule has 0 amide bonds. The first-order chi connectivity index (χ1) is 6.99. The van der Waals surface area contributed by atoms with Crippen molar-refractivity contribution in [3.05, 3.63) is 29.8 Å². The van der Waals surface area contributed by atoms with E-state index in [9.17, 15) is 13.6 Å². The molecule has 0 heterocycles. The second-order valence-electron chi connectivity index (χ2n) is 3.10. The summed E-state index contributed by atoms with van der Waals surface area (Å²) in [4.78, 5) is 10.3. The summed E-state index contributed by atoms with van der Waals surface area (Å²) in [6.45, 7) is 1.50. The number of aliphatic carboxylic acids is 1. The molecule has 0 unspecified atom stereocenters. The maximum Gasteiger partial charge on any atom is 0.307 e. The van der Waals surface area contributed by atoms with Crippen molar-refractivity contribution >= 4 is 5.97 Å². The van der Waals surface area contributed by atoms with E-state index in [0.717, 1.165) is 12.1 Å². The van der Waals surface area contributed by atoms with Crippen molar-refractivity contribution in [1.82, 2.24) is 0 Å². The Hall–Kier alpha value is -1.65. The predicted molar refractivity (Wildman–Crippen MR) is 48.7 cm³/mol. The van der Waals surface area contributed by atoms with Gasteiger partial charge in [0.2, 0.25) is 0 Å². The Bertz CT molecular complexity index is 366. The second kappa shape index (κ2) is 4.72. The van der Waals surface area contributed by atoms with E-state index < -0.39 is 23.7 Å². The fourth-order valence-corrected chi connectivity index (χ4v) is 1.08. The molecule has 1 N–H and O–H groups in total. The third-order valence-electron chi connectivity index (χ3n) is 1.68. The van der Waals surface area contributed by atoms with Gasteiger partial charge >= 0.3 is 5.97 Å². The van der Waals surface area contributed by atoms with E-state index in [2.05, 4.69) is 0 Å². The molecule has 1 aromatic rings. The molecule has 0 spiro atoms. The summed E-state index contributed by atoms with van der Waals surface area (Å²) in [5, 5.41) is 8.44. The van der Waals surface area contributed by atoms with E-state index in [1.807, 2.05) is 0 Å². The highest BCUT2D eigenvalue weighted by Gasteiger charge is 2.12. The summed E-state index contributed by atoms with van der Waals surface area (Å²) in [7, 11) is 0. The zero-order valence-electron chi connectivity index (χ0n) is 8.04. The average molecular weight is 216 g/mol. The van der Waals surface area contributed by atoms with Crippen molar-refractivity contribution in [2.45, 2.75) is 19.4 Å². The molecule has 1 atom stereocenters. The summed E-state index contributed by atoms with van der Waals surface area (Å²) in [6.07, 6.45) is -0.904. The smallest absolute Gasteiger partial charge is 0.307 e. The lowest BCUT2D eigenvalue weighted by Crippen LogP contribution is -2.17. The SMILES string of the molecule is C[C@@H](CC(=O)O)Oc1ccc(F)cc1F. The zero-order valence-corrected chi connectivity index (χ0v) is 8.04. The summed E-state index contributed by atoms with van der Waals surface area (Å²) in [5.41, 5.74) is 0. The van der Waals surface area contributed by atoms with Crippen LogP contribution >= 0.6 is 0 Å². The van der Waals surface area contributed by atoms with E-state index in [-0.39, 0.29) is 12.2 Å². The van der Waals surface area contributed by atoms with Crippen molar-refractivity contribution < 1.29 is 23.4 Å². The largest absolute Gasteiger partial charge is 0.487 e. The van der Waals surface area contributed by atoms with Crippen LogP contribution < -0.4 is 4.74 Å². The molecule has 0 fully saturated rings. The minimum Gasteiger partial charge on any atom is -0.487 e. The topological polar surface area (TPSA) is 46.5 Å². The third-order valence-corrected chi connectivity index (χ3v) is 1.68. The Balaban J connectivity index is 2.68. The van der Waals surface area contributed by atoms with Crippen molar-refractivity contribution in [3.8, 4) is 5.75 Å². The van der Waals surface area contributed by atoms with Gasteiger partial charge in [-0.25, -0.2) is 8.78 Å². The van der Waals surface area contributed by atoms with Gasteiger partial charge in [0, 0.05) is 6.07 Å². The monoisotopic (exact) mass is 216 g/mol. The Morgan fingerprint density at radius 3 is 2.73 bits per heavy atom. The molecule has 15 heavy (non-hydrogen) atoms. The molecule has 3 nitrogen and oxygen atoms in total. The van der Waals surface area contributed by atoms with Crippen molar-refractivity contribution in [1.29, 1.82) is 0 Å². The minimum atomic E-state index is -1.04. The highest BCUT2D eigenvalue weighted by atomic mass is 19.1. The van der Waals surface area contributed by atoms with Crippen molar-refractivity contribution in [3.63, 3.8) is 0 Å². The molecule has 0 aromatic heterocycles. The van der Waals surface area contributed by atoms with Gasteiger partial charge in [0.25, 0.3) is 0 Å².